The summed E-state index contributed by atoms with van der Waals surface area (Å²) in [6, 6.07) is 13.5. The molecule has 1 amide bonds. The van der Waals surface area contributed by atoms with E-state index < -0.39 is 0 Å². The van der Waals surface area contributed by atoms with E-state index in [2.05, 4.69) is 0 Å². The van der Waals surface area contributed by atoms with E-state index in [-0.39, 0.29) is 12.7 Å². The van der Waals surface area contributed by atoms with Gasteiger partial charge < -0.3 is 14.4 Å². The standard InChI is InChI=1S/C17H17NO3/c1-12-3-5-13(6-4-12)9-17(19)18(2)14-7-8-15-16(10-14)21-11-20-15/h3-8,10H,9,11H2,1-2H3. The first-order valence-electron chi connectivity index (χ1n) is 6.85. The summed E-state index contributed by atoms with van der Waals surface area (Å²) in [6.45, 7) is 2.27. The van der Waals surface area contributed by atoms with Crippen LogP contribution in [0.25, 0.3) is 0 Å². The average Bonchev–Trinajstić information content (AvgIpc) is 2.96. The predicted molar refractivity (Wildman–Crippen MR) is 80.9 cm³/mol. The molecule has 0 saturated heterocycles. The molecule has 4 nitrogen and oxygen atoms in total. The number of nitrogens with zero attached hydrogens (tertiary/aromatic N) is 1. The lowest BCUT2D eigenvalue weighted by Crippen LogP contribution is -2.27. The summed E-state index contributed by atoms with van der Waals surface area (Å²) in [7, 11) is 1.77. The van der Waals surface area contributed by atoms with Crippen molar-refractivity contribution < 1.29 is 14.3 Å². The van der Waals surface area contributed by atoms with Crippen LogP contribution in [0.3, 0.4) is 0 Å². The molecular weight excluding hydrogens is 266 g/mol. The lowest BCUT2D eigenvalue weighted by atomic mass is 10.1. The highest BCUT2D eigenvalue weighted by Gasteiger charge is 2.17. The lowest BCUT2D eigenvalue weighted by molar-refractivity contribution is -0.117. The largest absolute Gasteiger partial charge is 0.454 e. The maximum atomic E-state index is 12.4. The quantitative estimate of drug-likeness (QED) is 0.869. The number of hydrogen-bond donors (Lipinski definition) is 0. The van der Waals surface area contributed by atoms with Gasteiger partial charge in [0.1, 0.15) is 0 Å². The number of fused-ring (bicyclic) bond motifs is 1. The number of carbonyl (C=O) groups is 1. The summed E-state index contributed by atoms with van der Waals surface area (Å²) in [5.74, 6) is 1.44. The predicted octanol–water partition coefficient (Wildman–Crippen LogP) is 2.93. The molecule has 0 bridgehead atoms. The first-order valence-corrected chi connectivity index (χ1v) is 6.85. The van der Waals surface area contributed by atoms with Crippen molar-refractivity contribution in [3.63, 3.8) is 0 Å². The molecule has 0 radical (unpaired) electrons. The Morgan fingerprint density at radius 3 is 2.57 bits per heavy atom. The van der Waals surface area contributed by atoms with Crippen molar-refractivity contribution in [1.82, 2.24) is 0 Å². The van der Waals surface area contributed by atoms with Gasteiger partial charge in [-0.15, -0.1) is 0 Å². The van der Waals surface area contributed by atoms with Gasteiger partial charge in [-0.2, -0.15) is 0 Å². The molecule has 108 valence electrons. The van der Waals surface area contributed by atoms with Crippen molar-refractivity contribution in [2.45, 2.75) is 13.3 Å². The molecule has 21 heavy (non-hydrogen) atoms. The molecule has 2 aromatic carbocycles. The molecule has 3 rings (SSSR count). The maximum Gasteiger partial charge on any atom is 0.231 e. The van der Waals surface area contributed by atoms with Gasteiger partial charge in [-0.05, 0) is 24.6 Å². The van der Waals surface area contributed by atoms with Gasteiger partial charge in [0.05, 0.1) is 6.42 Å². The zero-order chi connectivity index (χ0) is 14.8. The molecular formula is C17H17NO3. The highest BCUT2D eigenvalue weighted by molar-refractivity contribution is 5.94. The molecule has 0 unspecified atom stereocenters. The Bertz CT molecular complexity index is 664. The zero-order valence-corrected chi connectivity index (χ0v) is 12.1. The fraction of sp³-hybridized carbons (Fsp3) is 0.235. The Labute approximate surface area is 123 Å². The number of amides is 1. The maximum absolute atomic E-state index is 12.4. The summed E-state index contributed by atoms with van der Waals surface area (Å²) < 4.78 is 10.6. The minimum Gasteiger partial charge on any atom is -0.454 e. The van der Waals surface area contributed by atoms with E-state index in [1.807, 2.05) is 49.4 Å². The van der Waals surface area contributed by atoms with Gasteiger partial charge in [-0.3, -0.25) is 4.79 Å². The van der Waals surface area contributed by atoms with Crippen LogP contribution in [-0.4, -0.2) is 19.7 Å². The van der Waals surface area contributed by atoms with Crippen LogP contribution in [0.5, 0.6) is 11.5 Å². The highest BCUT2D eigenvalue weighted by atomic mass is 16.7. The van der Waals surface area contributed by atoms with E-state index >= 15 is 0 Å². The zero-order valence-electron chi connectivity index (χ0n) is 12.1. The number of ether oxygens (including phenoxy) is 2. The molecule has 0 N–H and O–H groups in total. The van der Waals surface area contributed by atoms with Crippen molar-refractivity contribution in [2.75, 3.05) is 18.7 Å². The van der Waals surface area contributed by atoms with Gasteiger partial charge >= 0.3 is 0 Å². The number of carbonyl (C=O) groups excluding carboxylic acids is 1. The molecule has 0 saturated carbocycles. The molecule has 4 heteroatoms. The van der Waals surface area contributed by atoms with Crippen LogP contribution in [0.2, 0.25) is 0 Å². The highest BCUT2D eigenvalue weighted by Crippen LogP contribution is 2.35. The van der Waals surface area contributed by atoms with Crippen molar-refractivity contribution >= 4 is 11.6 Å². The van der Waals surface area contributed by atoms with Crippen molar-refractivity contribution in [1.29, 1.82) is 0 Å². The van der Waals surface area contributed by atoms with Gasteiger partial charge in [-0.25, -0.2) is 0 Å². The molecule has 1 heterocycles. The molecule has 1 aliphatic heterocycles. The fourth-order valence-corrected chi connectivity index (χ4v) is 2.24. The number of benzene rings is 2. The minimum atomic E-state index is 0.0396. The third-order valence-corrected chi connectivity index (χ3v) is 3.59. The summed E-state index contributed by atoms with van der Waals surface area (Å²) in [4.78, 5) is 14.0. The summed E-state index contributed by atoms with van der Waals surface area (Å²) in [6.07, 6.45) is 0.380. The van der Waals surface area contributed by atoms with E-state index in [1.54, 1.807) is 11.9 Å². The van der Waals surface area contributed by atoms with Crippen LogP contribution in [0.1, 0.15) is 11.1 Å². The second kappa shape index (κ2) is 5.48. The molecule has 0 atom stereocenters. The third kappa shape index (κ3) is 2.84. The number of anilines is 1. The van der Waals surface area contributed by atoms with E-state index in [4.69, 9.17) is 9.47 Å². The Morgan fingerprint density at radius 1 is 1.10 bits per heavy atom. The molecule has 1 aliphatic rings. The first-order chi connectivity index (χ1) is 10.1. The molecule has 0 aliphatic carbocycles. The first kappa shape index (κ1) is 13.5. The smallest absolute Gasteiger partial charge is 0.231 e. The lowest BCUT2D eigenvalue weighted by Gasteiger charge is -2.17. The van der Waals surface area contributed by atoms with E-state index in [1.165, 1.54) is 5.56 Å². The van der Waals surface area contributed by atoms with E-state index in [0.717, 1.165) is 17.0 Å². The fourth-order valence-electron chi connectivity index (χ4n) is 2.24. The minimum absolute atomic E-state index is 0.0396. The Hall–Kier alpha value is -2.49. The van der Waals surface area contributed by atoms with E-state index in [9.17, 15) is 4.79 Å². The summed E-state index contributed by atoms with van der Waals surface area (Å²) >= 11 is 0. The Kier molecular flexibility index (Phi) is 3.52. The van der Waals surface area contributed by atoms with E-state index in [0.29, 0.717) is 12.2 Å². The second-order valence-corrected chi connectivity index (χ2v) is 5.15. The Balaban J connectivity index is 1.73. The molecule has 0 spiro atoms. The summed E-state index contributed by atoms with van der Waals surface area (Å²) in [5.41, 5.74) is 3.00. The van der Waals surface area contributed by atoms with Gasteiger partial charge in [-0.1, -0.05) is 29.8 Å². The van der Waals surface area contributed by atoms with Crippen LogP contribution in [0.4, 0.5) is 5.69 Å². The number of hydrogen-bond acceptors (Lipinski definition) is 3. The Morgan fingerprint density at radius 2 is 1.81 bits per heavy atom. The van der Waals surface area contributed by atoms with Gasteiger partial charge in [0.15, 0.2) is 11.5 Å². The van der Waals surface area contributed by atoms with Crippen molar-refractivity contribution in [3.05, 3.63) is 53.6 Å². The number of aryl methyl sites for hydroxylation is 1. The molecule has 2 aromatic rings. The van der Waals surface area contributed by atoms with Crippen molar-refractivity contribution in [3.8, 4) is 11.5 Å². The van der Waals surface area contributed by atoms with Crippen LogP contribution in [-0.2, 0) is 11.2 Å². The normalized spacial score (nSPS) is 12.3. The third-order valence-electron chi connectivity index (χ3n) is 3.59. The summed E-state index contributed by atoms with van der Waals surface area (Å²) in [5, 5.41) is 0. The topological polar surface area (TPSA) is 38.8 Å². The SMILES string of the molecule is Cc1ccc(CC(=O)N(C)c2ccc3c(c2)OCO3)cc1. The van der Waals surface area contributed by atoms with Crippen LogP contribution >= 0.6 is 0 Å². The second-order valence-electron chi connectivity index (χ2n) is 5.15. The monoisotopic (exact) mass is 283 g/mol. The van der Waals surface area contributed by atoms with Crippen LogP contribution in [0, 0.1) is 6.92 Å². The molecule has 0 fully saturated rings. The van der Waals surface area contributed by atoms with Crippen LogP contribution in [0.15, 0.2) is 42.5 Å². The number of rotatable bonds is 3. The average molecular weight is 283 g/mol. The molecule has 0 aromatic heterocycles. The van der Waals surface area contributed by atoms with Crippen LogP contribution < -0.4 is 14.4 Å². The van der Waals surface area contributed by atoms with Gasteiger partial charge in [0, 0.05) is 18.8 Å². The van der Waals surface area contributed by atoms with Crippen molar-refractivity contribution in [2.24, 2.45) is 0 Å². The van der Waals surface area contributed by atoms with Gasteiger partial charge in [0.25, 0.3) is 0 Å². The number of likely N-dealkylation sites (N-methyl/N-ethyl adjacent to an activating group) is 1. The van der Waals surface area contributed by atoms with Gasteiger partial charge in [0.2, 0.25) is 12.7 Å².